The second-order valence-electron chi connectivity index (χ2n) is 4.75. The molecule has 0 spiro atoms. The topological polar surface area (TPSA) is 71.2 Å². The van der Waals surface area contributed by atoms with E-state index in [1.807, 2.05) is 44.0 Å². The molecule has 18 heavy (non-hydrogen) atoms. The molecule has 0 aliphatic carbocycles. The fraction of sp³-hybridized carbons (Fsp3) is 0.538. The Morgan fingerprint density at radius 2 is 2.22 bits per heavy atom. The van der Waals surface area contributed by atoms with Crippen molar-refractivity contribution in [2.45, 2.75) is 26.3 Å². The van der Waals surface area contributed by atoms with Gasteiger partial charge in [0.05, 0.1) is 6.04 Å². The van der Waals surface area contributed by atoms with Crippen LogP contribution in [0.1, 0.15) is 19.5 Å². The number of aromatic nitrogens is 1. The minimum Gasteiger partial charge on any atom is -0.294 e. The summed E-state index contributed by atoms with van der Waals surface area (Å²) in [5, 5.41) is 0. The Balaban J connectivity index is 2.57. The zero-order chi connectivity index (χ0) is 13.5. The molecule has 0 saturated carbocycles. The molecule has 0 aliphatic rings. The number of rotatable bonds is 6. The van der Waals surface area contributed by atoms with Crippen molar-refractivity contribution in [3.05, 3.63) is 30.1 Å². The van der Waals surface area contributed by atoms with E-state index in [9.17, 15) is 4.79 Å². The summed E-state index contributed by atoms with van der Waals surface area (Å²) in [7, 11) is 1.93. The van der Waals surface area contributed by atoms with Crippen LogP contribution in [0.5, 0.6) is 0 Å². The molecule has 3 N–H and O–H groups in total. The van der Waals surface area contributed by atoms with E-state index in [0.717, 1.165) is 18.7 Å². The van der Waals surface area contributed by atoms with Gasteiger partial charge in [-0.25, -0.2) is 5.84 Å². The van der Waals surface area contributed by atoms with Gasteiger partial charge in [0.15, 0.2) is 0 Å². The number of carbonyl (C=O) groups excluding carboxylic acids is 1. The summed E-state index contributed by atoms with van der Waals surface area (Å²) in [6.45, 7) is 4.79. The van der Waals surface area contributed by atoms with Crippen LogP contribution in [-0.4, -0.2) is 35.4 Å². The SMILES string of the molecule is CC(C)C(C(=O)NN)N(C)CCc1ccccn1. The highest BCUT2D eigenvalue weighted by Gasteiger charge is 2.25. The molecule has 0 fully saturated rings. The summed E-state index contributed by atoms with van der Waals surface area (Å²) >= 11 is 0. The summed E-state index contributed by atoms with van der Waals surface area (Å²) in [6.07, 6.45) is 2.60. The van der Waals surface area contributed by atoms with E-state index in [2.05, 4.69) is 10.4 Å². The lowest BCUT2D eigenvalue weighted by Crippen LogP contribution is -2.50. The summed E-state index contributed by atoms with van der Waals surface area (Å²) in [6, 6.07) is 5.64. The lowest BCUT2D eigenvalue weighted by molar-refractivity contribution is -0.127. The molecule has 5 nitrogen and oxygen atoms in total. The van der Waals surface area contributed by atoms with Crippen molar-refractivity contribution in [3.8, 4) is 0 Å². The van der Waals surface area contributed by atoms with Crippen molar-refractivity contribution in [3.63, 3.8) is 0 Å². The van der Waals surface area contributed by atoms with Gasteiger partial charge in [0, 0.05) is 24.9 Å². The van der Waals surface area contributed by atoms with Gasteiger partial charge in [-0.05, 0) is 25.1 Å². The molecule has 0 radical (unpaired) electrons. The monoisotopic (exact) mass is 250 g/mol. The average Bonchev–Trinajstić information content (AvgIpc) is 2.37. The molecule has 1 aromatic rings. The average molecular weight is 250 g/mol. The lowest BCUT2D eigenvalue weighted by atomic mass is 10.0. The van der Waals surface area contributed by atoms with E-state index < -0.39 is 0 Å². The number of hydrazine groups is 1. The third-order valence-corrected chi connectivity index (χ3v) is 2.96. The van der Waals surface area contributed by atoms with Crippen molar-refractivity contribution in [2.24, 2.45) is 11.8 Å². The minimum absolute atomic E-state index is 0.145. The van der Waals surface area contributed by atoms with Crippen molar-refractivity contribution in [1.29, 1.82) is 0 Å². The largest absolute Gasteiger partial charge is 0.294 e. The maximum absolute atomic E-state index is 11.7. The Morgan fingerprint density at radius 3 is 2.72 bits per heavy atom. The van der Waals surface area contributed by atoms with Crippen LogP contribution >= 0.6 is 0 Å². The highest BCUT2D eigenvalue weighted by Crippen LogP contribution is 2.10. The Kier molecular flexibility index (Phi) is 5.74. The summed E-state index contributed by atoms with van der Waals surface area (Å²) in [5.41, 5.74) is 3.26. The number of amides is 1. The second kappa shape index (κ2) is 7.08. The molecule has 5 heteroatoms. The first-order valence-electron chi connectivity index (χ1n) is 6.17. The summed E-state index contributed by atoms with van der Waals surface area (Å²) in [4.78, 5) is 18.0. The number of nitrogens with one attached hydrogen (secondary N) is 1. The predicted octanol–water partition coefficient (Wildman–Crippen LogP) is 0.570. The van der Waals surface area contributed by atoms with Crippen LogP contribution in [0.4, 0.5) is 0 Å². The molecule has 1 amide bonds. The standard InChI is InChI=1S/C13H22N4O/c1-10(2)12(13(18)16-14)17(3)9-7-11-6-4-5-8-15-11/h4-6,8,10,12H,7,9,14H2,1-3H3,(H,16,18). The van der Waals surface area contributed by atoms with Crippen molar-refractivity contribution in [1.82, 2.24) is 15.3 Å². The second-order valence-corrected chi connectivity index (χ2v) is 4.75. The molecule has 1 heterocycles. The van der Waals surface area contributed by atoms with E-state index in [1.54, 1.807) is 6.20 Å². The first kappa shape index (κ1) is 14.6. The molecule has 0 aromatic carbocycles. The number of nitrogens with two attached hydrogens (primary N) is 1. The predicted molar refractivity (Wildman–Crippen MR) is 71.5 cm³/mol. The van der Waals surface area contributed by atoms with Crippen LogP contribution in [0.15, 0.2) is 24.4 Å². The van der Waals surface area contributed by atoms with Crippen LogP contribution in [0.3, 0.4) is 0 Å². The van der Waals surface area contributed by atoms with Gasteiger partial charge in [0.2, 0.25) is 0 Å². The zero-order valence-electron chi connectivity index (χ0n) is 11.3. The molecule has 0 saturated heterocycles. The third kappa shape index (κ3) is 4.09. The number of hydrogen-bond acceptors (Lipinski definition) is 4. The maximum Gasteiger partial charge on any atom is 0.251 e. The quantitative estimate of drug-likeness (QED) is 0.440. The van der Waals surface area contributed by atoms with Crippen LogP contribution < -0.4 is 11.3 Å². The van der Waals surface area contributed by atoms with Gasteiger partial charge in [-0.3, -0.25) is 20.1 Å². The molecule has 1 rings (SSSR count). The number of likely N-dealkylation sites (N-methyl/N-ethyl adjacent to an activating group) is 1. The van der Waals surface area contributed by atoms with Crippen LogP contribution in [0, 0.1) is 5.92 Å². The van der Waals surface area contributed by atoms with Gasteiger partial charge in [0.1, 0.15) is 0 Å². The van der Waals surface area contributed by atoms with Gasteiger partial charge < -0.3 is 0 Å². The first-order chi connectivity index (χ1) is 8.56. The van der Waals surface area contributed by atoms with E-state index in [4.69, 9.17) is 5.84 Å². The van der Waals surface area contributed by atoms with Crippen molar-refractivity contribution in [2.75, 3.05) is 13.6 Å². The van der Waals surface area contributed by atoms with Gasteiger partial charge in [-0.2, -0.15) is 0 Å². The molecule has 1 atom stereocenters. The Morgan fingerprint density at radius 1 is 1.50 bits per heavy atom. The van der Waals surface area contributed by atoms with Crippen molar-refractivity contribution < 1.29 is 4.79 Å². The number of pyridine rings is 1. The van der Waals surface area contributed by atoms with Gasteiger partial charge >= 0.3 is 0 Å². The number of hydrogen-bond donors (Lipinski definition) is 2. The number of carbonyl (C=O) groups is 1. The van der Waals surface area contributed by atoms with Gasteiger partial charge in [-0.1, -0.05) is 19.9 Å². The van der Waals surface area contributed by atoms with Crippen LogP contribution in [0.25, 0.3) is 0 Å². The molecular weight excluding hydrogens is 228 g/mol. The molecule has 1 unspecified atom stereocenters. The van der Waals surface area contributed by atoms with Gasteiger partial charge in [-0.15, -0.1) is 0 Å². The lowest BCUT2D eigenvalue weighted by Gasteiger charge is -2.29. The first-order valence-corrected chi connectivity index (χ1v) is 6.17. The Bertz CT molecular complexity index is 367. The summed E-state index contributed by atoms with van der Waals surface area (Å²) in [5.74, 6) is 5.28. The Labute approximate surface area is 108 Å². The highest BCUT2D eigenvalue weighted by molar-refractivity contribution is 5.81. The highest BCUT2D eigenvalue weighted by atomic mass is 16.2. The van der Waals surface area contributed by atoms with E-state index in [1.165, 1.54) is 0 Å². The zero-order valence-corrected chi connectivity index (χ0v) is 11.3. The van der Waals surface area contributed by atoms with E-state index in [-0.39, 0.29) is 17.9 Å². The smallest absolute Gasteiger partial charge is 0.251 e. The molecule has 100 valence electrons. The van der Waals surface area contributed by atoms with Crippen LogP contribution in [0.2, 0.25) is 0 Å². The minimum atomic E-state index is -0.210. The third-order valence-electron chi connectivity index (χ3n) is 2.96. The summed E-state index contributed by atoms with van der Waals surface area (Å²) < 4.78 is 0. The maximum atomic E-state index is 11.7. The fourth-order valence-electron chi connectivity index (χ4n) is 2.07. The number of nitrogens with zero attached hydrogens (tertiary/aromatic N) is 2. The van der Waals surface area contributed by atoms with E-state index >= 15 is 0 Å². The fourth-order valence-corrected chi connectivity index (χ4v) is 2.07. The van der Waals surface area contributed by atoms with Gasteiger partial charge in [0.25, 0.3) is 5.91 Å². The molecule has 1 aromatic heterocycles. The molecule has 0 aliphatic heterocycles. The molecular formula is C13H22N4O. The molecule has 0 bridgehead atoms. The van der Waals surface area contributed by atoms with Crippen molar-refractivity contribution >= 4 is 5.91 Å². The van der Waals surface area contributed by atoms with E-state index in [0.29, 0.717) is 0 Å². The van der Waals surface area contributed by atoms with Crippen LogP contribution in [-0.2, 0) is 11.2 Å². The Hall–Kier alpha value is -1.46. The normalized spacial score (nSPS) is 12.8.